The fourth-order valence-electron chi connectivity index (χ4n) is 4.05. The summed E-state index contributed by atoms with van der Waals surface area (Å²) in [6.07, 6.45) is 0.538. The average Bonchev–Trinajstić information content (AvgIpc) is 3.07. The van der Waals surface area contributed by atoms with Gasteiger partial charge in [0, 0.05) is 42.4 Å². The zero-order valence-corrected chi connectivity index (χ0v) is 19.6. The van der Waals surface area contributed by atoms with Crippen molar-refractivity contribution < 1.29 is 32.2 Å². The second kappa shape index (κ2) is 9.95. The molecule has 34 heavy (non-hydrogen) atoms. The van der Waals surface area contributed by atoms with Crippen LogP contribution < -0.4 is 4.74 Å². The first-order chi connectivity index (χ1) is 16.1. The zero-order valence-electron chi connectivity index (χ0n) is 18.0. The molecule has 0 aromatic heterocycles. The molecular formula is C23H22ClF3N2O4S. The first-order valence-electron chi connectivity index (χ1n) is 10.6. The molecule has 2 saturated heterocycles. The van der Waals surface area contributed by atoms with Gasteiger partial charge in [-0.1, -0.05) is 29.8 Å². The number of amides is 2. The molecule has 0 saturated carbocycles. The molecule has 0 N–H and O–H groups in total. The molecule has 0 radical (unpaired) electrons. The summed E-state index contributed by atoms with van der Waals surface area (Å²) in [6.45, 7) is 1.37. The second-order valence-corrected chi connectivity index (χ2v) is 9.80. The van der Waals surface area contributed by atoms with Crippen LogP contribution in [0.15, 0.2) is 53.4 Å². The Morgan fingerprint density at radius 3 is 2.50 bits per heavy atom. The highest BCUT2D eigenvalue weighted by Crippen LogP contribution is 2.37. The van der Waals surface area contributed by atoms with E-state index in [4.69, 9.17) is 21.1 Å². The van der Waals surface area contributed by atoms with E-state index in [0.717, 1.165) is 0 Å². The number of nitrogens with zero attached hydrogens (tertiary/aromatic N) is 2. The number of likely N-dealkylation sites (tertiary alicyclic amines) is 1. The van der Waals surface area contributed by atoms with E-state index < -0.39 is 17.2 Å². The van der Waals surface area contributed by atoms with Gasteiger partial charge in [0.2, 0.25) is 0 Å². The Hall–Kier alpha value is -2.59. The molecule has 6 nitrogen and oxygen atoms in total. The van der Waals surface area contributed by atoms with E-state index in [-0.39, 0.29) is 35.7 Å². The molecular weight excluding hydrogens is 493 g/mol. The first kappa shape index (κ1) is 24.5. The van der Waals surface area contributed by atoms with Gasteiger partial charge in [0.15, 0.2) is 6.61 Å². The topological polar surface area (TPSA) is 59.1 Å². The van der Waals surface area contributed by atoms with Crippen molar-refractivity contribution in [3.63, 3.8) is 0 Å². The van der Waals surface area contributed by atoms with Gasteiger partial charge in [-0.25, -0.2) is 4.79 Å². The van der Waals surface area contributed by atoms with Crippen molar-refractivity contribution >= 4 is 35.4 Å². The minimum absolute atomic E-state index is 0.0908. The number of alkyl halides is 3. The maximum atomic E-state index is 12.5. The number of carbonyl (C=O) groups is 2. The number of ether oxygens (including phenoxy) is 2. The largest absolute Gasteiger partial charge is 0.484 e. The van der Waals surface area contributed by atoms with Crippen molar-refractivity contribution in [3.8, 4) is 5.75 Å². The van der Waals surface area contributed by atoms with Crippen molar-refractivity contribution in [3.05, 3.63) is 59.1 Å². The van der Waals surface area contributed by atoms with Gasteiger partial charge in [-0.05, 0) is 47.7 Å². The highest BCUT2D eigenvalue weighted by atomic mass is 35.5. The van der Waals surface area contributed by atoms with E-state index in [0.29, 0.717) is 48.8 Å². The van der Waals surface area contributed by atoms with E-state index in [1.165, 1.54) is 12.1 Å². The van der Waals surface area contributed by atoms with Gasteiger partial charge in [0.05, 0.1) is 6.54 Å². The Bertz CT molecular complexity index is 1040. The van der Waals surface area contributed by atoms with Crippen molar-refractivity contribution in [2.45, 2.75) is 35.4 Å². The lowest BCUT2D eigenvalue weighted by Gasteiger charge is -2.37. The summed E-state index contributed by atoms with van der Waals surface area (Å²) >= 11 is 5.74. The van der Waals surface area contributed by atoms with Crippen LogP contribution in [-0.2, 0) is 16.1 Å². The Balaban J connectivity index is 1.27. The molecule has 2 heterocycles. The number of halogens is 4. The third-order valence-electron chi connectivity index (χ3n) is 5.76. The van der Waals surface area contributed by atoms with Gasteiger partial charge in [-0.15, -0.1) is 0 Å². The number of benzene rings is 2. The van der Waals surface area contributed by atoms with E-state index in [1.54, 1.807) is 46.2 Å². The van der Waals surface area contributed by atoms with Gasteiger partial charge in [0.25, 0.3) is 5.91 Å². The van der Waals surface area contributed by atoms with Crippen LogP contribution in [-0.4, -0.2) is 59.2 Å². The number of hydrogen-bond acceptors (Lipinski definition) is 5. The number of carbonyl (C=O) groups excluding carboxylic acids is 2. The summed E-state index contributed by atoms with van der Waals surface area (Å²) in [7, 11) is 0. The molecule has 0 aliphatic carbocycles. The summed E-state index contributed by atoms with van der Waals surface area (Å²) in [5.74, 6) is 0.354. The molecule has 0 atom stereocenters. The molecule has 182 valence electrons. The van der Waals surface area contributed by atoms with Crippen molar-refractivity contribution in [2.75, 3.05) is 26.2 Å². The monoisotopic (exact) mass is 514 g/mol. The van der Waals surface area contributed by atoms with Crippen LogP contribution >= 0.6 is 23.4 Å². The quantitative estimate of drug-likeness (QED) is 0.487. The summed E-state index contributed by atoms with van der Waals surface area (Å²) in [6, 6.07) is 12.7. The summed E-state index contributed by atoms with van der Waals surface area (Å²) in [5.41, 5.74) is -4.30. The molecule has 4 rings (SSSR count). The second-order valence-electron chi connectivity index (χ2n) is 8.23. The summed E-state index contributed by atoms with van der Waals surface area (Å²) in [4.78, 5) is 28.3. The van der Waals surface area contributed by atoms with E-state index in [2.05, 4.69) is 0 Å². The van der Waals surface area contributed by atoms with Crippen LogP contribution in [0.25, 0.3) is 0 Å². The minimum atomic E-state index is -4.34. The Kier molecular flexibility index (Phi) is 7.18. The van der Waals surface area contributed by atoms with Crippen molar-refractivity contribution in [2.24, 2.45) is 0 Å². The van der Waals surface area contributed by atoms with Gasteiger partial charge in [-0.3, -0.25) is 9.69 Å². The molecule has 2 aliphatic rings. The predicted octanol–water partition coefficient (Wildman–Crippen LogP) is 5.34. The van der Waals surface area contributed by atoms with E-state index in [9.17, 15) is 22.8 Å². The minimum Gasteiger partial charge on any atom is -0.484 e. The summed E-state index contributed by atoms with van der Waals surface area (Å²) < 4.78 is 48.7. The van der Waals surface area contributed by atoms with E-state index >= 15 is 0 Å². The maximum Gasteiger partial charge on any atom is 0.446 e. The Labute approximate surface area is 203 Å². The molecule has 0 bridgehead atoms. The number of rotatable bonds is 6. The third kappa shape index (κ3) is 6.29. The highest BCUT2D eigenvalue weighted by Gasteiger charge is 2.47. The smallest absolute Gasteiger partial charge is 0.446 e. The van der Waals surface area contributed by atoms with Crippen LogP contribution in [0.5, 0.6) is 5.75 Å². The fourth-order valence-corrected chi connectivity index (χ4v) is 4.77. The van der Waals surface area contributed by atoms with Crippen LogP contribution in [0.1, 0.15) is 18.4 Å². The molecule has 0 unspecified atom stereocenters. The molecule has 2 amide bonds. The normalized spacial score (nSPS) is 17.7. The fraction of sp³-hybridized carbons (Fsp3) is 0.391. The number of piperidine rings is 1. The maximum absolute atomic E-state index is 12.5. The third-order valence-corrected chi connectivity index (χ3v) is 6.73. The lowest BCUT2D eigenvalue weighted by Crippen LogP contribution is -2.49. The van der Waals surface area contributed by atoms with Crippen LogP contribution in [0.2, 0.25) is 5.02 Å². The van der Waals surface area contributed by atoms with Crippen LogP contribution in [0, 0.1) is 0 Å². The van der Waals surface area contributed by atoms with E-state index in [1.807, 2.05) is 0 Å². The standard InChI is InChI=1S/C23H22ClF3N2O4S/c24-17-2-1-3-18(12-17)32-14-20(30)28-10-8-22(9-11-28)15-29(21(31)33-22)13-16-4-6-19(7-5-16)34-23(25,26)27/h1-7,12H,8-11,13-15H2. The number of thioether (sulfide) groups is 1. The molecule has 11 heteroatoms. The molecule has 2 aliphatic heterocycles. The van der Waals surface area contributed by atoms with Crippen molar-refractivity contribution in [1.29, 1.82) is 0 Å². The highest BCUT2D eigenvalue weighted by molar-refractivity contribution is 8.00. The Morgan fingerprint density at radius 2 is 1.85 bits per heavy atom. The lowest BCUT2D eigenvalue weighted by atomic mass is 9.91. The molecule has 2 aromatic carbocycles. The van der Waals surface area contributed by atoms with Gasteiger partial charge in [-0.2, -0.15) is 13.2 Å². The predicted molar refractivity (Wildman–Crippen MR) is 121 cm³/mol. The van der Waals surface area contributed by atoms with Crippen LogP contribution in [0.4, 0.5) is 18.0 Å². The average molecular weight is 515 g/mol. The van der Waals surface area contributed by atoms with Gasteiger partial charge < -0.3 is 14.4 Å². The summed E-state index contributed by atoms with van der Waals surface area (Å²) in [5, 5.41) is 0.522. The van der Waals surface area contributed by atoms with Crippen molar-refractivity contribution in [1.82, 2.24) is 9.80 Å². The SMILES string of the molecule is O=C(COc1cccc(Cl)c1)N1CCC2(CC1)CN(Cc1ccc(SC(F)(F)F)cc1)C(=O)O2. The molecule has 2 fully saturated rings. The Morgan fingerprint density at radius 1 is 1.15 bits per heavy atom. The molecule has 2 aromatic rings. The van der Waals surface area contributed by atoms with Gasteiger partial charge >= 0.3 is 11.6 Å². The zero-order chi connectivity index (χ0) is 24.3. The van der Waals surface area contributed by atoms with Crippen LogP contribution in [0.3, 0.4) is 0 Å². The molecule has 1 spiro atoms. The lowest BCUT2D eigenvalue weighted by molar-refractivity contribution is -0.136. The van der Waals surface area contributed by atoms with Gasteiger partial charge in [0.1, 0.15) is 11.4 Å². The first-order valence-corrected chi connectivity index (χ1v) is 11.8. The number of hydrogen-bond donors (Lipinski definition) is 0.